The maximum absolute atomic E-state index is 12.0. The maximum Gasteiger partial charge on any atom is 0.264 e. The zero-order chi connectivity index (χ0) is 14.1. The van der Waals surface area contributed by atoms with E-state index in [1.165, 1.54) is 0 Å². The summed E-state index contributed by atoms with van der Waals surface area (Å²) in [6.45, 7) is 12.5. The Morgan fingerprint density at radius 1 is 1.28 bits per heavy atom. The van der Waals surface area contributed by atoms with Crippen molar-refractivity contribution in [2.45, 2.75) is 52.6 Å². The predicted octanol–water partition coefficient (Wildman–Crippen LogP) is 2.94. The number of aromatic nitrogens is 2. The van der Waals surface area contributed by atoms with Crippen molar-refractivity contribution in [2.75, 3.05) is 6.61 Å². The van der Waals surface area contributed by atoms with Crippen LogP contribution < -0.4 is 5.56 Å². The molecule has 18 heavy (non-hydrogen) atoms. The Hall–Kier alpha value is -0.430. The SMILES string of the molecule is CCOC(C)(C)c1nc(C(C)(C)C)c(I)c(=O)[nH]1. The maximum atomic E-state index is 12.0. The van der Waals surface area contributed by atoms with Gasteiger partial charge in [0.05, 0.1) is 5.69 Å². The molecule has 0 saturated heterocycles. The lowest BCUT2D eigenvalue weighted by molar-refractivity contribution is -0.0213. The van der Waals surface area contributed by atoms with Gasteiger partial charge in [-0.2, -0.15) is 0 Å². The number of H-pyrrole nitrogens is 1. The monoisotopic (exact) mass is 364 g/mol. The summed E-state index contributed by atoms with van der Waals surface area (Å²) < 4.78 is 6.29. The van der Waals surface area contributed by atoms with Gasteiger partial charge in [0.2, 0.25) is 0 Å². The predicted molar refractivity (Wildman–Crippen MR) is 80.9 cm³/mol. The molecule has 1 aromatic rings. The van der Waals surface area contributed by atoms with Gasteiger partial charge in [0, 0.05) is 12.0 Å². The second kappa shape index (κ2) is 5.28. The summed E-state index contributed by atoms with van der Waals surface area (Å²) in [6.07, 6.45) is 0. The summed E-state index contributed by atoms with van der Waals surface area (Å²) in [5, 5.41) is 0. The second-order valence-electron chi connectivity index (χ2n) is 5.77. The fraction of sp³-hybridized carbons (Fsp3) is 0.692. The van der Waals surface area contributed by atoms with E-state index >= 15 is 0 Å². The molecule has 102 valence electrons. The smallest absolute Gasteiger partial charge is 0.264 e. The highest BCUT2D eigenvalue weighted by Gasteiger charge is 2.28. The van der Waals surface area contributed by atoms with Crippen LogP contribution in [0.3, 0.4) is 0 Å². The minimum Gasteiger partial charge on any atom is -0.368 e. The Bertz CT molecular complexity index is 487. The van der Waals surface area contributed by atoms with Crippen LogP contribution in [0.2, 0.25) is 0 Å². The Kier molecular flexibility index (Phi) is 4.59. The molecular formula is C13H21IN2O2. The van der Waals surface area contributed by atoms with Crippen LogP contribution in [0, 0.1) is 3.57 Å². The van der Waals surface area contributed by atoms with Gasteiger partial charge >= 0.3 is 0 Å². The third-order valence-corrected chi connectivity index (χ3v) is 3.65. The van der Waals surface area contributed by atoms with Crippen LogP contribution in [0.15, 0.2) is 4.79 Å². The molecule has 0 bridgehead atoms. The molecule has 4 nitrogen and oxygen atoms in total. The zero-order valence-electron chi connectivity index (χ0n) is 11.8. The number of hydrogen-bond donors (Lipinski definition) is 1. The van der Waals surface area contributed by atoms with E-state index in [0.717, 1.165) is 5.69 Å². The van der Waals surface area contributed by atoms with Crippen LogP contribution in [0.4, 0.5) is 0 Å². The summed E-state index contributed by atoms with van der Waals surface area (Å²) in [7, 11) is 0. The third kappa shape index (κ3) is 3.32. The number of nitrogens with zero attached hydrogens (tertiary/aromatic N) is 1. The van der Waals surface area contributed by atoms with Gasteiger partial charge in [-0.25, -0.2) is 4.98 Å². The topological polar surface area (TPSA) is 55.0 Å². The minimum absolute atomic E-state index is 0.0988. The highest BCUT2D eigenvalue weighted by atomic mass is 127. The zero-order valence-corrected chi connectivity index (χ0v) is 14.0. The van der Waals surface area contributed by atoms with Crippen LogP contribution in [-0.4, -0.2) is 16.6 Å². The van der Waals surface area contributed by atoms with Crippen molar-refractivity contribution < 1.29 is 4.74 Å². The highest BCUT2D eigenvalue weighted by molar-refractivity contribution is 14.1. The molecular weight excluding hydrogens is 343 g/mol. The lowest BCUT2D eigenvalue weighted by atomic mass is 9.91. The quantitative estimate of drug-likeness (QED) is 0.840. The fourth-order valence-corrected chi connectivity index (χ4v) is 2.73. The average Bonchev–Trinajstić information content (AvgIpc) is 2.19. The first-order chi connectivity index (χ1) is 8.09. The van der Waals surface area contributed by atoms with Gasteiger partial charge in [-0.15, -0.1) is 0 Å². The molecule has 0 aromatic carbocycles. The molecule has 0 spiro atoms. The normalized spacial score (nSPS) is 12.8. The van der Waals surface area contributed by atoms with Crippen LogP contribution >= 0.6 is 22.6 Å². The number of rotatable bonds is 3. The highest BCUT2D eigenvalue weighted by Crippen LogP contribution is 2.26. The molecule has 0 aliphatic carbocycles. The molecule has 0 aliphatic rings. The third-order valence-electron chi connectivity index (χ3n) is 2.65. The molecule has 1 aromatic heterocycles. The van der Waals surface area contributed by atoms with Gasteiger partial charge in [0.15, 0.2) is 0 Å². The van der Waals surface area contributed by atoms with Crippen molar-refractivity contribution in [3.8, 4) is 0 Å². The Labute approximate surface area is 122 Å². The van der Waals surface area contributed by atoms with Gasteiger partial charge in [-0.3, -0.25) is 4.79 Å². The summed E-state index contributed by atoms with van der Waals surface area (Å²) in [4.78, 5) is 19.4. The average molecular weight is 364 g/mol. The lowest BCUT2D eigenvalue weighted by Crippen LogP contribution is -2.32. The van der Waals surface area contributed by atoms with Crippen LogP contribution in [0.25, 0.3) is 0 Å². The largest absolute Gasteiger partial charge is 0.368 e. The van der Waals surface area contributed by atoms with E-state index in [4.69, 9.17) is 4.74 Å². The van der Waals surface area contributed by atoms with Crippen LogP contribution in [-0.2, 0) is 15.8 Å². The Morgan fingerprint density at radius 2 is 1.83 bits per heavy atom. The van der Waals surface area contributed by atoms with Crippen molar-refractivity contribution in [1.29, 1.82) is 0 Å². The van der Waals surface area contributed by atoms with Crippen molar-refractivity contribution in [3.05, 3.63) is 25.4 Å². The molecule has 0 saturated carbocycles. The van der Waals surface area contributed by atoms with E-state index in [0.29, 0.717) is 16.0 Å². The number of ether oxygens (including phenoxy) is 1. The molecule has 0 amide bonds. The first-order valence-electron chi connectivity index (χ1n) is 6.04. The van der Waals surface area contributed by atoms with Crippen molar-refractivity contribution in [3.63, 3.8) is 0 Å². The summed E-state index contributed by atoms with van der Waals surface area (Å²) in [6, 6.07) is 0. The van der Waals surface area contributed by atoms with Gasteiger partial charge < -0.3 is 9.72 Å². The van der Waals surface area contributed by atoms with Crippen molar-refractivity contribution >= 4 is 22.6 Å². The molecule has 1 rings (SSSR count). The van der Waals surface area contributed by atoms with Crippen LogP contribution in [0.1, 0.15) is 53.1 Å². The molecule has 5 heteroatoms. The van der Waals surface area contributed by atoms with E-state index < -0.39 is 5.60 Å². The standard InChI is InChI=1S/C13H21IN2O2/c1-7-18-13(5,6)11-15-9(12(2,3)4)8(14)10(17)16-11/h7H2,1-6H3,(H,15,16,17). The first kappa shape index (κ1) is 15.6. The molecule has 0 aliphatic heterocycles. The van der Waals surface area contributed by atoms with Crippen molar-refractivity contribution in [2.24, 2.45) is 0 Å². The van der Waals surface area contributed by atoms with Gasteiger partial charge in [-0.1, -0.05) is 20.8 Å². The molecule has 0 fully saturated rings. The fourth-order valence-electron chi connectivity index (χ4n) is 1.67. The molecule has 0 radical (unpaired) electrons. The number of halogens is 1. The van der Waals surface area contributed by atoms with Gasteiger partial charge in [0.1, 0.15) is 15.0 Å². The van der Waals surface area contributed by atoms with E-state index in [1.54, 1.807) is 0 Å². The van der Waals surface area contributed by atoms with E-state index in [1.807, 2.05) is 64.1 Å². The second-order valence-corrected chi connectivity index (χ2v) is 6.85. The Morgan fingerprint density at radius 3 is 2.28 bits per heavy atom. The number of nitrogens with one attached hydrogen (secondary N) is 1. The van der Waals surface area contributed by atoms with E-state index in [2.05, 4.69) is 9.97 Å². The number of aromatic amines is 1. The number of hydrogen-bond acceptors (Lipinski definition) is 3. The molecule has 0 unspecified atom stereocenters. The van der Waals surface area contributed by atoms with Gasteiger partial charge in [0.25, 0.3) is 5.56 Å². The lowest BCUT2D eigenvalue weighted by Gasteiger charge is -2.26. The summed E-state index contributed by atoms with van der Waals surface area (Å²) in [5.74, 6) is 0.583. The van der Waals surface area contributed by atoms with E-state index in [9.17, 15) is 4.79 Å². The minimum atomic E-state index is -0.585. The van der Waals surface area contributed by atoms with E-state index in [-0.39, 0.29) is 11.0 Å². The molecule has 1 N–H and O–H groups in total. The molecule has 1 heterocycles. The van der Waals surface area contributed by atoms with Crippen molar-refractivity contribution in [1.82, 2.24) is 9.97 Å². The van der Waals surface area contributed by atoms with Crippen LogP contribution in [0.5, 0.6) is 0 Å². The summed E-state index contributed by atoms with van der Waals surface area (Å²) in [5.41, 5.74) is -0.0342. The van der Waals surface area contributed by atoms with Gasteiger partial charge in [-0.05, 0) is 43.4 Å². The summed E-state index contributed by atoms with van der Waals surface area (Å²) >= 11 is 2.05. The molecule has 0 atom stereocenters. The first-order valence-corrected chi connectivity index (χ1v) is 7.12. The Balaban J connectivity index is 3.43.